The van der Waals surface area contributed by atoms with Crippen molar-refractivity contribution in [3.8, 4) is 0 Å². The van der Waals surface area contributed by atoms with Gasteiger partial charge in [-0.3, -0.25) is 0 Å². The minimum absolute atomic E-state index is 1.07. The van der Waals surface area contributed by atoms with Gasteiger partial charge in [0, 0.05) is 18.8 Å². The lowest BCUT2D eigenvalue weighted by Gasteiger charge is -2.20. The van der Waals surface area contributed by atoms with E-state index in [1.54, 1.807) is 0 Å². The van der Waals surface area contributed by atoms with Gasteiger partial charge < -0.3 is 4.90 Å². The molecule has 0 N–H and O–H groups in total. The highest BCUT2D eigenvalue weighted by molar-refractivity contribution is 7.58. The summed E-state index contributed by atoms with van der Waals surface area (Å²) in [5.74, 6) is 0. The summed E-state index contributed by atoms with van der Waals surface area (Å²) < 4.78 is 0. The molecule has 0 heterocycles. The van der Waals surface area contributed by atoms with Crippen molar-refractivity contribution in [1.82, 2.24) is 0 Å². The molecule has 0 aliphatic rings. The predicted molar refractivity (Wildman–Crippen MR) is 65.1 cm³/mol. The van der Waals surface area contributed by atoms with Crippen LogP contribution >= 0.6 is 9.12 Å². The third-order valence-electron chi connectivity index (χ3n) is 2.21. The van der Waals surface area contributed by atoms with E-state index in [-0.39, 0.29) is 0 Å². The van der Waals surface area contributed by atoms with Crippen LogP contribution in [0.5, 0.6) is 0 Å². The van der Waals surface area contributed by atoms with Crippen LogP contribution in [0.4, 0.5) is 5.69 Å². The maximum absolute atomic E-state index is 2.62. The SMILES string of the molecule is CCN(CC)c1ccc([B]P)cc1. The van der Waals surface area contributed by atoms with Crippen molar-refractivity contribution in [3.63, 3.8) is 0 Å². The number of benzene rings is 1. The van der Waals surface area contributed by atoms with Gasteiger partial charge in [-0.25, -0.2) is 0 Å². The first-order valence-electron chi connectivity index (χ1n) is 4.71. The van der Waals surface area contributed by atoms with Gasteiger partial charge in [-0.2, -0.15) is 9.12 Å². The van der Waals surface area contributed by atoms with Gasteiger partial charge in [0.15, 0.2) is 7.00 Å². The second-order valence-corrected chi connectivity index (χ2v) is 3.26. The minimum atomic E-state index is 1.07. The summed E-state index contributed by atoms with van der Waals surface area (Å²) in [6, 6.07) is 8.62. The van der Waals surface area contributed by atoms with Crippen molar-refractivity contribution >= 4 is 27.3 Å². The molecule has 1 aromatic rings. The quantitative estimate of drug-likeness (QED) is 0.517. The zero-order valence-corrected chi connectivity index (χ0v) is 9.48. The van der Waals surface area contributed by atoms with Crippen LogP contribution in [0.3, 0.4) is 0 Å². The van der Waals surface area contributed by atoms with Crippen LogP contribution in [0.25, 0.3) is 0 Å². The normalized spacial score (nSPS) is 9.77. The smallest absolute Gasteiger partial charge is 0.178 e. The highest BCUT2D eigenvalue weighted by Crippen LogP contribution is 2.11. The maximum atomic E-state index is 2.62. The van der Waals surface area contributed by atoms with Crippen LogP contribution < -0.4 is 10.4 Å². The Hall–Kier alpha value is -0.485. The molecule has 0 aromatic heterocycles. The van der Waals surface area contributed by atoms with Crippen molar-refractivity contribution in [2.24, 2.45) is 0 Å². The third kappa shape index (κ3) is 2.74. The summed E-state index contributed by atoms with van der Waals surface area (Å²) in [5.41, 5.74) is 2.56. The van der Waals surface area contributed by atoms with Crippen molar-refractivity contribution in [3.05, 3.63) is 24.3 Å². The molecule has 1 atom stereocenters. The Kier molecular flexibility index (Phi) is 4.31. The lowest BCUT2D eigenvalue weighted by molar-refractivity contribution is 0.866. The molecule has 1 aromatic carbocycles. The van der Waals surface area contributed by atoms with Gasteiger partial charge in [0.2, 0.25) is 0 Å². The van der Waals surface area contributed by atoms with E-state index in [1.807, 2.05) is 7.00 Å². The molecular formula is C10H16BNP. The largest absolute Gasteiger partial charge is 0.372 e. The van der Waals surface area contributed by atoms with E-state index in [2.05, 4.69) is 52.1 Å². The molecule has 0 amide bonds. The minimum Gasteiger partial charge on any atom is -0.372 e. The fourth-order valence-electron chi connectivity index (χ4n) is 1.39. The first-order valence-corrected chi connectivity index (χ1v) is 5.38. The zero-order chi connectivity index (χ0) is 9.68. The van der Waals surface area contributed by atoms with Crippen molar-refractivity contribution in [2.75, 3.05) is 18.0 Å². The van der Waals surface area contributed by atoms with E-state index in [9.17, 15) is 0 Å². The molecule has 1 radical (unpaired) electrons. The van der Waals surface area contributed by atoms with E-state index in [4.69, 9.17) is 0 Å². The monoisotopic (exact) mass is 192 g/mol. The summed E-state index contributed by atoms with van der Waals surface area (Å²) in [6.45, 7) is 8.53. The lowest BCUT2D eigenvalue weighted by atomic mass is 9.94. The first kappa shape index (κ1) is 10.6. The van der Waals surface area contributed by atoms with Crippen LogP contribution in [-0.2, 0) is 0 Å². The summed E-state index contributed by atoms with van der Waals surface area (Å²) in [5, 5.41) is 0. The molecule has 0 aliphatic heterocycles. The Morgan fingerprint density at radius 1 is 1.15 bits per heavy atom. The number of hydrogen-bond acceptors (Lipinski definition) is 1. The molecule has 0 aliphatic carbocycles. The van der Waals surface area contributed by atoms with Gasteiger partial charge in [-0.05, 0) is 26.0 Å². The van der Waals surface area contributed by atoms with Crippen LogP contribution in [0.2, 0.25) is 0 Å². The van der Waals surface area contributed by atoms with E-state index in [0.717, 1.165) is 13.1 Å². The molecule has 0 spiro atoms. The molecule has 0 saturated carbocycles. The summed E-state index contributed by atoms with van der Waals surface area (Å²) in [4.78, 5) is 2.34. The van der Waals surface area contributed by atoms with Gasteiger partial charge in [0.1, 0.15) is 0 Å². The Bertz CT molecular complexity index is 244. The number of hydrogen-bond donors (Lipinski definition) is 0. The highest BCUT2D eigenvalue weighted by atomic mass is 31.0. The molecule has 1 rings (SSSR count). The topological polar surface area (TPSA) is 3.24 Å². The van der Waals surface area contributed by atoms with Crippen molar-refractivity contribution in [2.45, 2.75) is 13.8 Å². The van der Waals surface area contributed by atoms with Crippen molar-refractivity contribution in [1.29, 1.82) is 0 Å². The number of anilines is 1. The lowest BCUT2D eigenvalue weighted by Crippen LogP contribution is -2.22. The molecule has 0 fully saturated rings. The molecule has 3 heteroatoms. The van der Waals surface area contributed by atoms with Gasteiger partial charge in [0.25, 0.3) is 0 Å². The molecule has 1 nitrogen and oxygen atoms in total. The van der Waals surface area contributed by atoms with Gasteiger partial charge in [0.05, 0.1) is 0 Å². The van der Waals surface area contributed by atoms with E-state index < -0.39 is 0 Å². The number of rotatable bonds is 4. The van der Waals surface area contributed by atoms with Gasteiger partial charge in [-0.15, -0.1) is 0 Å². The van der Waals surface area contributed by atoms with Crippen LogP contribution in [0.15, 0.2) is 24.3 Å². The second-order valence-electron chi connectivity index (χ2n) is 2.93. The predicted octanol–water partition coefficient (Wildman–Crippen LogP) is 1.65. The molecule has 13 heavy (non-hydrogen) atoms. The summed E-state index contributed by atoms with van der Waals surface area (Å²) in [6.07, 6.45) is 0. The van der Waals surface area contributed by atoms with Crippen molar-refractivity contribution < 1.29 is 0 Å². The first-order chi connectivity index (χ1) is 6.31. The van der Waals surface area contributed by atoms with E-state index >= 15 is 0 Å². The Labute approximate surface area is 83.9 Å². The van der Waals surface area contributed by atoms with Crippen LogP contribution in [-0.4, -0.2) is 20.1 Å². The Morgan fingerprint density at radius 2 is 1.69 bits per heavy atom. The van der Waals surface area contributed by atoms with Gasteiger partial charge in [-0.1, -0.05) is 17.6 Å². The van der Waals surface area contributed by atoms with Crippen LogP contribution in [0.1, 0.15) is 13.8 Å². The van der Waals surface area contributed by atoms with E-state index in [0.29, 0.717) is 0 Å². The average molecular weight is 192 g/mol. The molecule has 0 bridgehead atoms. The van der Waals surface area contributed by atoms with Crippen LogP contribution in [0, 0.1) is 0 Å². The Balaban J connectivity index is 2.78. The second kappa shape index (κ2) is 5.29. The molecule has 1 unspecified atom stereocenters. The molecule has 69 valence electrons. The summed E-state index contributed by atoms with van der Waals surface area (Å²) >= 11 is 0. The third-order valence-corrected chi connectivity index (χ3v) is 2.60. The molecular weight excluding hydrogens is 176 g/mol. The Morgan fingerprint density at radius 3 is 2.08 bits per heavy atom. The van der Waals surface area contributed by atoms with Gasteiger partial charge >= 0.3 is 0 Å². The maximum Gasteiger partial charge on any atom is 0.178 e. The summed E-state index contributed by atoms with van der Waals surface area (Å²) in [7, 11) is 2.62. The fraction of sp³-hybridized carbons (Fsp3) is 0.400. The zero-order valence-electron chi connectivity index (χ0n) is 8.33. The molecule has 0 saturated heterocycles. The standard InChI is InChI=1S/C10H16BNP/c1-3-12(4-2)10-7-5-9(11-13)6-8-10/h5-8H,3-4,13H2,1-2H3. The highest BCUT2D eigenvalue weighted by Gasteiger charge is 2.00. The number of nitrogens with zero attached hydrogens (tertiary/aromatic N) is 1. The fourth-order valence-corrected chi connectivity index (χ4v) is 1.61. The average Bonchev–Trinajstić information content (AvgIpc) is 2.21. The van der Waals surface area contributed by atoms with E-state index in [1.165, 1.54) is 11.2 Å².